The van der Waals surface area contributed by atoms with Crippen molar-refractivity contribution in [1.82, 2.24) is 9.78 Å². The van der Waals surface area contributed by atoms with Gasteiger partial charge in [-0.15, -0.1) is 23.1 Å². The monoisotopic (exact) mass is 267 g/mol. The first kappa shape index (κ1) is 12.7. The third-order valence-electron chi connectivity index (χ3n) is 2.65. The average Bonchev–Trinajstić information content (AvgIpc) is 2.96. The highest BCUT2D eigenvalue weighted by Crippen LogP contribution is 2.39. The Morgan fingerprint density at radius 3 is 2.94 bits per heavy atom. The van der Waals surface area contributed by atoms with Crippen molar-refractivity contribution in [2.75, 3.05) is 0 Å². The lowest BCUT2D eigenvalue weighted by Gasteiger charge is -2.20. The minimum Gasteiger partial charge on any atom is -0.326 e. The largest absolute Gasteiger partial charge is 0.326 e. The molecule has 0 bridgehead atoms. The second kappa shape index (κ2) is 5.71. The van der Waals surface area contributed by atoms with Gasteiger partial charge in [0.1, 0.15) is 0 Å². The fraction of sp³-hybridized carbons (Fsp3) is 0.417. The van der Waals surface area contributed by atoms with Crippen LogP contribution in [0.5, 0.6) is 0 Å². The van der Waals surface area contributed by atoms with Gasteiger partial charge in [0, 0.05) is 24.8 Å². The molecule has 17 heavy (non-hydrogen) atoms. The minimum absolute atomic E-state index is 0.159. The Kier molecular flexibility index (Phi) is 4.25. The van der Waals surface area contributed by atoms with Crippen molar-refractivity contribution in [2.45, 2.75) is 28.8 Å². The number of hydrogen-bond acceptors (Lipinski definition) is 4. The summed E-state index contributed by atoms with van der Waals surface area (Å²) in [6, 6.07) is 4.37. The van der Waals surface area contributed by atoms with Crippen molar-refractivity contribution in [3.05, 3.63) is 35.5 Å². The maximum absolute atomic E-state index is 6.22. The molecule has 0 aromatic carbocycles. The van der Waals surface area contributed by atoms with Gasteiger partial charge in [0.25, 0.3) is 0 Å². The van der Waals surface area contributed by atoms with E-state index in [1.807, 2.05) is 29.7 Å². The van der Waals surface area contributed by atoms with Crippen LogP contribution in [0.15, 0.2) is 34.1 Å². The zero-order valence-electron chi connectivity index (χ0n) is 10.0. The molecule has 5 heteroatoms. The Labute approximate surface area is 110 Å². The Hall–Kier alpha value is -0.780. The highest BCUT2D eigenvalue weighted by molar-refractivity contribution is 8.01. The summed E-state index contributed by atoms with van der Waals surface area (Å²) in [5, 5.41) is 6.62. The topological polar surface area (TPSA) is 43.8 Å². The SMILES string of the molecule is CCC(N)C(Sc1cccs1)c1cnn(C)c1. The molecule has 2 unspecified atom stereocenters. The number of nitrogens with two attached hydrogens (primary N) is 1. The van der Waals surface area contributed by atoms with Crippen LogP contribution in [0.25, 0.3) is 0 Å². The molecule has 92 valence electrons. The van der Waals surface area contributed by atoms with Crippen LogP contribution in [0, 0.1) is 0 Å². The molecule has 2 rings (SSSR count). The van der Waals surface area contributed by atoms with E-state index in [2.05, 4.69) is 35.7 Å². The van der Waals surface area contributed by atoms with Crippen LogP contribution in [0.2, 0.25) is 0 Å². The van der Waals surface area contributed by atoms with Gasteiger partial charge in [-0.05, 0) is 17.9 Å². The molecule has 0 radical (unpaired) electrons. The molecule has 0 aliphatic heterocycles. The molecule has 0 fully saturated rings. The first-order valence-electron chi connectivity index (χ1n) is 5.65. The average molecular weight is 267 g/mol. The number of thioether (sulfide) groups is 1. The fourth-order valence-electron chi connectivity index (χ4n) is 1.66. The molecule has 2 aromatic rings. The third kappa shape index (κ3) is 3.12. The molecule has 3 nitrogen and oxygen atoms in total. The quantitative estimate of drug-likeness (QED) is 0.847. The Morgan fingerprint density at radius 2 is 2.41 bits per heavy atom. The maximum atomic E-state index is 6.22. The predicted molar refractivity (Wildman–Crippen MR) is 74.4 cm³/mol. The first-order chi connectivity index (χ1) is 8.20. The lowest BCUT2D eigenvalue weighted by Crippen LogP contribution is -2.25. The smallest absolute Gasteiger partial charge is 0.0605 e. The predicted octanol–water partition coefficient (Wildman–Crippen LogP) is 3.05. The van der Waals surface area contributed by atoms with E-state index in [1.165, 1.54) is 9.77 Å². The molecule has 2 heterocycles. The number of rotatable bonds is 5. The zero-order valence-corrected chi connectivity index (χ0v) is 11.7. The van der Waals surface area contributed by atoms with Crippen LogP contribution >= 0.6 is 23.1 Å². The molecule has 2 aromatic heterocycles. The van der Waals surface area contributed by atoms with E-state index >= 15 is 0 Å². The lowest BCUT2D eigenvalue weighted by molar-refractivity contribution is 0.634. The van der Waals surface area contributed by atoms with Gasteiger partial charge in [-0.2, -0.15) is 5.10 Å². The lowest BCUT2D eigenvalue weighted by atomic mass is 10.1. The first-order valence-corrected chi connectivity index (χ1v) is 7.41. The summed E-state index contributed by atoms with van der Waals surface area (Å²) in [6.07, 6.45) is 4.94. The summed E-state index contributed by atoms with van der Waals surface area (Å²) < 4.78 is 3.14. The molecule has 0 spiro atoms. The number of aryl methyl sites for hydroxylation is 1. The number of nitrogens with zero attached hydrogens (tertiary/aromatic N) is 2. The Morgan fingerprint density at radius 1 is 1.59 bits per heavy atom. The van der Waals surface area contributed by atoms with E-state index in [-0.39, 0.29) is 11.3 Å². The van der Waals surface area contributed by atoms with E-state index in [4.69, 9.17) is 5.73 Å². The molecule has 0 saturated heterocycles. The van der Waals surface area contributed by atoms with Crippen LogP contribution in [0.3, 0.4) is 0 Å². The Bertz CT molecular complexity index is 450. The maximum Gasteiger partial charge on any atom is 0.0605 e. The van der Waals surface area contributed by atoms with Crippen LogP contribution in [-0.4, -0.2) is 15.8 Å². The summed E-state index contributed by atoms with van der Waals surface area (Å²) >= 11 is 3.60. The van der Waals surface area contributed by atoms with Crippen molar-refractivity contribution >= 4 is 23.1 Å². The number of aromatic nitrogens is 2. The van der Waals surface area contributed by atoms with E-state index in [0.717, 1.165) is 6.42 Å². The van der Waals surface area contributed by atoms with Gasteiger partial charge in [0.2, 0.25) is 0 Å². The van der Waals surface area contributed by atoms with Gasteiger partial charge in [0.05, 0.1) is 15.7 Å². The van der Waals surface area contributed by atoms with Gasteiger partial charge >= 0.3 is 0 Å². The molecule has 0 amide bonds. The summed E-state index contributed by atoms with van der Waals surface area (Å²) in [5.41, 5.74) is 7.43. The van der Waals surface area contributed by atoms with Gasteiger partial charge < -0.3 is 5.73 Å². The highest BCUT2D eigenvalue weighted by atomic mass is 32.2. The Balaban J connectivity index is 2.19. The summed E-state index contributed by atoms with van der Waals surface area (Å²) in [5.74, 6) is 0. The number of thiophene rings is 1. The van der Waals surface area contributed by atoms with E-state index < -0.39 is 0 Å². The van der Waals surface area contributed by atoms with Crippen LogP contribution in [-0.2, 0) is 7.05 Å². The van der Waals surface area contributed by atoms with Crippen LogP contribution in [0.1, 0.15) is 24.2 Å². The minimum atomic E-state index is 0.159. The molecule has 0 aliphatic carbocycles. The fourth-order valence-corrected chi connectivity index (χ4v) is 3.84. The van der Waals surface area contributed by atoms with Crippen LogP contribution in [0.4, 0.5) is 0 Å². The summed E-state index contributed by atoms with van der Waals surface area (Å²) in [6.45, 7) is 2.13. The number of hydrogen-bond donors (Lipinski definition) is 1. The molecule has 2 N–H and O–H groups in total. The van der Waals surface area contributed by atoms with Crippen LogP contribution < -0.4 is 5.73 Å². The normalized spacial score (nSPS) is 14.8. The van der Waals surface area contributed by atoms with Crippen molar-refractivity contribution in [3.8, 4) is 0 Å². The van der Waals surface area contributed by atoms with Crippen molar-refractivity contribution in [2.24, 2.45) is 12.8 Å². The molecule has 0 saturated carbocycles. The zero-order chi connectivity index (χ0) is 12.3. The van der Waals surface area contributed by atoms with E-state index in [0.29, 0.717) is 0 Å². The second-order valence-corrected chi connectivity index (χ2v) is 6.38. The molecule has 2 atom stereocenters. The van der Waals surface area contributed by atoms with Crippen molar-refractivity contribution in [3.63, 3.8) is 0 Å². The molecule has 0 aliphatic rings. The standard InChI is InChI=1S/C12H17N3S2/c1-3-10(13)12(9-7-14-15(2)8-9)17-11-5-4-6-16-11/h4-8,10,12H,3,13H2,1-2H3. The summed E-state index contributed by atoms with van der Waals surface area (Å²) in [4.78, 5) is 0. The van der Waals surface area contributed by atoms with Gasteiger partial charge in [-0.1, -0.05) is 13.0 Å². The van der Waals surface area contributed by atoms with Gasteiger partial charge in [0.15, 0.2) is 0 Å². The van der Waals surface area contributed by atoms with Crippen molar-refractivity contribution in [1.29, 1.82) is 0 Å². The van der Waals surface area contributed by atoms with Gasteiger partial charge in [-0.3, -0.25) is 4.68 Å². The highest BCUT2D eigenvalue weighted by Gasteiger charge is 2.21. The third-order valence-corrected chi connectivity index (χ3v) is 5.13. The molecular weight excluding hydrogens is 250 g/mol. The second-order valence-electron chi connectivity index (χ2n) is 3.99. The summed E-state index contributed by atoms with van der Waals surface area (Å²) in [7, 11) is 1.94. The van der Waals surface area contributed by atoms with Gasteiger partial charge in [-0.25, -0.2) is 0 Å². The van der Waals surface area contributed by atoms with E-state index in [1.54, 1.807) is 11.3 Å². The van der Waals surface area contributed by atoms with E-state index in [9.17, 15) is 0 Å². The molecular formula is C12H17N3S2. The van der Waals surface area contributed by atoms with Crippen molar-refractivity contribution < 1.29 is 0 Å².